The van der Waals surface area contributed by atoms with Gasteiger partial charge >= 0.3 is 11.3 Å². The number of halogens is 1. The van der Waals surface area contributed by atoms with Crippen molar-refractivity contribution in [1.82, 2.24) is 10.1 Å². The summed E-state index contributed by atoms with van der Waals surface area (Å²) in [6.45, 7) is 3.50. The lowest BCUT2D eigenvalue weighted by Crippen LogP contribution is -2.60. The van der Waals surface area contributed by atoms with Crippen LogP contribution in [0.1, 0.15) is 25.6 Å². The van der Waals surface area contributed by atoms with Gasteiger partial charge in [-0.15, -0.1) is 0 Å². The number of amides is 1. The van der Waals surface area contributed by atoms with Gasteiger partial charge in [0, 0.05) is 22.6 Å². The number of thioether (sulfide) groups is 1. The van der Waals surface area contributed by atoms with Crippen LogP contribution in [0.2, 0.25) is 5.02 Å². The highest BCUT2D eigenvalue weighted by Gasteiger charge is 2.44. The molecule has 1 aromatic heterocycles. The van der Waals surface area contributed by atoms with Gasteiger partial charge in [0.25, 0.3) is 6.17 Å². The second-order valence-electron chi connectivity index (χ2n) is 6.32. The molecule has 28 heavy (non-hydrogen) atoms. The van der Waals surface area contributed by atoms with Crippen molar-refractivity contribution < 1.29 is 9.48 Å². The predicted octanol–water partition coefficient (Wildman–Crippen LogP) is 3.40. The van der Waals surface area contributed by atoms with Crippen molar-refractivity contribution >= 4 is 35.0 Å². The van der Waals surface area contributed by atoms with Crippen LogP contribution in [0.5, 0.6) is 0 Å². The number of aromatic nitrogens is 3. The number of H-pyrrole nitrogens is 1. The van der Waals surface area contributed by atoms with Gasteiger partial charge < -0.3 is 0 Å². The van der Waals surface area contributed by atoms with E-state index in [0.29, 0.717) is 27.1 Å². The third-order valence-corrected chi connectivity index (χ3v) is 5.54. The van der Waals surface area contributed by atoms with Gasteiger partial charge in [0.05, 0.1) is 11.3 Å². The van der Waals surface area contributed by atoms with Gasteiger partial charge in [-0.1, -0.05) is 42.4 Å². The Morgan fingerprint density at radius 2 is 1.96 bits per heavy atom. The first-order valence-electron chi connectivity index (χ1n) is 8.85. The van der Waals surface area contributed by atoms with Crippen molar-refractivity contribution in [3.8, 4) is 11.3 Å². The number of carbonyl (C=O) groups excluding carboxylic acids is 1. The summed E-state index contributed by atoms with van der Waals surface area (Å²) in [6.07, 6.45) is -0.585. The maximum atomic E-state index is 13.0. The standard InChI is InChI=1S/C20H17ClN4O2S/c1-3-28-20-22-18(27)17-15-6-4-5-7-16(15)24(12(2)26)19(25(17)23-20)13-8-10-14(21)11-9-13/h4-11,19H,3H2,1-2H3/p+1. The molecule has 1 aliphatic heterocycles. The second-order valence-corrected chi connectivity index (χ2v) is 8.01. The molecule has 4 rings (SSSR count). The highest BCUT2D eigenvalue weighted by Crippen LogP contribution is 2.37. The van der Waals surface area contributed by atoms with Crippen molar-refractivity contribution in [2.75, 3.05) is 10.7 Å². The number of hydrogen-bond donors (Lipinski definition) is 1. The number of nitrogens with one attached hydrogen (secondary N) is 1. The van der Waals surface area contributed by atoms with Gasteiger partial charge in [-0.2, -0.15) is 0 Å². The molecule has 1 unspecified atom stereocenters. The van der Waals surface area contributed by atoms with Crippen molar-refractivity contribution in [2.24, 2.45) is 0 Å². The maximum absolute atomic E-state index is 13.0. The smallest absolute Gasteiger partial charge is 0.291 e. The molecule has 0 saturated carbocycles. The molecular formula is C20H18ClN4O2S+. The van der Waals surface area contributed by atoms with Gasteiger partial charge in [-0.25, -0.2) is 4.90 Å². The minimum atomic E-state index is -0.585. The fourth-order valence-electron chi connectivity index (χ4n) is 3.45. The maximum Gasteiger partial charge on any atom is 0.325 e. The molecule has 1 amide bonds. The number of rotatable bonds is 3. The molecule has 2 aromatic carbocycles. The molecule has 0 radical (unpaired) electrons. The molecule has 6 nitrogen and oxygen atoms in total. The summed E-state index contributed by atoms with van der Waals surface area (Å²) >= 11 is 7.50. The molecule has 0 saturated heterocycles. The molecule has 1 N–H and O–H groups in total. The minimum absolute atomic E-state index is 0.141. The Balaban J connectivity index is 2.06. The van der Waals surface area contributed by atoms with Crippen LogP contribution < -0.4 is 15.1 Å². The van der Waals surface area contributed by atoms with Crippen molar-refractivity contribution in [2.45, 2.75) is 25.2 Å². The van der Waals surface area contributed by atoms with E-state index in [0.717, 1.165) is 11.3 Å². The first-order valence-corrected chi connectivity index (χ1v) is 10.2. The number of nitrogens with zero attached hydrogens (tertiary/aromatic N) is 3. The molecule has 1 aliphatic rings. The summed E-state index contributed by atoms with van der Waals surface area (Å²) in [5.41, 5.74) is 2.35. The molecule has 3 aromatic rings. The van der Waals surface area contributed by atoms with E-state index in [-0.39, 0.29) is 11.5 Å². The first kappa shape index (κ1) is 18.7. The van der Waals surface area contributed by atoms with Crippen molar-refractivity contribution in [1.29, 1.82) is 0 Å². The van der Waals surface area contributed by atoms with Gasteiger partial charge in [0.2, 0.25) is 11.1 Å². The fourth-order valence-corrected chi connectivity index (χ4v) is 4.16. The summed E-state index contributed by atoms with van der Waals surface area (Å²) in [4.78, 5) is 30.2. The van der Waals surface area contributed by atoms with Gasteiger partial charge in [0.1, 0.15) is 0 Å². The molecule has 0 spiro atoms. The lowest BCUT2D eigenvalue weighted by molar-refractivity contribution is -0.763. The highest BCUT2D eigenvalue weighted by molar-refractivity contribution is 7.99. The number of benzene rings is 2. The second kappa shape index (κ2) is 7.41. The van der Waals surface area contributed by atoms with Crippen LogP contribution in [-0.4, -0.2) is 21.7 Å². The topological polar surface area (TPSA) is 69.9 Å². The van der Waals surface area contributed by atoms with Crippen LogP contribution in [0, 0.1) is 0 Å². The third-order valence-electron chi connectivity index (χ3n) is 4.55. The zero-order valence-corrected chi connectivity index (χ0v) is 16.9. The van der Waals surface area contributed by atoms with Crippen LogP contribution in [0.15, 0.2) is 58.5 Å². The van der Waals surface area contributed by atoms with E-state index >= 15 is 0 Å². The van der Waals surface area contributed by atoms with E-state index in [4.69, 9.17) is 11.6 Å². The first-order chi connectivity index (χ1) is 13.5. The Morgan fingerprint density at radius 1 is 1.25 bits per heavy atom. The monoisotopic (exact) mass is 413 g/mol. The Kier molecular flexibility index (Phi) is 4.95. The Hall–Kier alpha value is -2.64. The van der Waals surface area contributed by atoms with Gasteiger partial charge in [0.15, 0.2) is 0 Å². The largest absolute Gasteiger partial charge is 0.325 e. The SMILES string of the molecule is CCSc1n[n+]2c(c(=O)[nH]1)-c1ccccc1N(C(C)=O)C2c1ccc(Cl)cc1. The van der Waals surface area contributed by atoms with Crippen LogP contribution in [0.25, 0.3) is 11.3 Å². The summed E-state index contributed by atoms with van der Waals surface area (Å²) in [5, 5.41) is 5.78. The zero-order chi connectivity index (χ0) is 19.8. The van der Waals surface area contributed by atoms with Crippen molar-refractivity contribution in [3.63, 3.8) is 0 Å². The third kappa shape index (κ3) is 3.10. The number of hydrogen-bond acceptors (Lipinski definition) is 4. The molecular weight excluding hydrogens is 396 g/mol. The molecule has 8 heteroatoms. The van der Waals surface area contributed by atoms with Gasteiger partial charge in [-0.05, 0) is 46.8 Å². The Labute approximate surface area is 171 Å². The average Bonchev–Trinajstić information content (AvgIpc) is 2.67. The molecule has 1 atom stereocenters. The summed E-state index contributed by atoms with van der Waals surface area (Å²) < 4.78 is 1.64. The number of anilines is 1. The number of fused-ring (bicyclic) bond motifs is 3. The Morgan fingerprint density at radius 3 is 2.64 bits per heavy atom. The molecule has 0 aliphatic carbocycles. The lowest BCUT2D eigenvalue weighted by Gasteiger charge is -2.31. The Bertz CT molecular complexity index is 1110. The van der Waals surface area contributed by atoms with E-state index < -0.39 is 6.17 Å². The van der Waals surface area contributed by atoms with Crippen LogP contribution in [-0.2, 0) is 4.79 Å². The van der Waals surface area contributed by atoms with Gasteiger partial charge in [-0.3, -0.25) is 14.6 Å². The molecule has 2 heterocycles. The van der Waals surface area contributed by atoms with Crippen LogP contribution in [0.3, 0.4) is 0 Å². The summed E-state index contributed by atoms with van der Waals surface area (Å²) in [5.74, 6) is 0.623. The summed E-state index contributed by atoms with van der Waals surface area (Å²) in [7, 11) is 0. The zero-order valence-electron chi connectivity index (χ0n) is 15.3. The average molecular weight is 414 g/mol. The lowest BCUT2D eigenvalue weighted by atomic mass is 10.0. The number of aromatic amines is 1. The van der Waals surface area contributed by atoms with Crippen molar-refractivity contribution in [3.05, 3.63) is 69.5 Å². The van der Waals surface area contributed by atoms with E-state index in [9.17, 15) is 9.59 Å². The fraction of sp³-hybridized carbons (Fsp3) is 0.200. The normalized spacial score (nSPS) is 15.1. The highest BCUT2D eigenvalue weighted by atomic mass is 35.5. The predicted molar refractivity (Wildman–Crippen MR) is 110 cm³/mol. The van der Waals surface area contributed by atoms with Crippen LogP contribution in [0.4, 0.5) is 5.69 Å². The van der Waals surface area contributed by atoms with Crippen LogP contribution >= 0.6 is 23.4 Å². The quantitative estimate of drug-likeness (QED) is 0.527. The van der Waals surface area contributed by atoms with E-state index in [1.807, 2.05) is 43.3 Å². The molecule has 142 valence electrons. The van der Waals surface area contributed by atoms with E-state index in [1.165, 1.54) is 18.7 Å². The van der Waals surface area contributed by atoms with E-state index in [1.54, 1.807) is 21.7 Å². The number of para-hydroxylation sites is 1. The molecule has 0 bridgehead atoms. The number of carbonyl (C=O) groups is 1. The summed E-state index contributed by atoms with van der Waals surface area (Å²) in [6, 6.07) is 14.6. The minimum Gasteiger partial charge on any atom is -0.291 e. The van der Waals surface area contributed by atoms with E-state index in [2.05, 4.69) is 10.1 Å². The molecule has 0 fully saturated rings.